The molecule has 4 aromatic carbocycles. The Morgan fingerprint density at radius 2 is 1.43 bits per heavy atom. The van der Waals surface area contributed by atoms with Crippen LogP contribution in [0.2, 0.25) is 0 Å². The molecule has 0 aromatic heterocycles. The number of unbranched alkanes of at least 4 members (excludes halogenated alkanes) is 2. The first-order chi connectivity index (χ1) is 27.8. The standard InChI is InChI=1S/C46H49Br2ClN2O6S2.H3N/c1-45(2)40(50(24-5-7-26-58(52,53)54)38-20-12-32-28-34(47)16-18-36(32)42(38)45)22-14-30-10-9-11-31(44(30)49)15-23-41-46(3,4)43-37-19-17-35(48)29-33(37)13-21-39(43)51(41)25-6-8-27-59(55,56)57;/h12-23,28-29H,5-11,24-27H2,1-4H3,(H-,52,53,54,55,56,57);1H3. The van der Waals surface area contributed by atoms with Gasteiger partial charge >= 0.3 is 0 Å². The van der Waals surface area contributed by atoms with Crippen molar-refractivity contribution in [1.82, 2.24) is 6.15 Å². The molecule has 2 aliphatic heterocycles. The number of halogens is 3. The van der Waals surface area contributed by atoms with Crippen LogP contribution in [-0.2, 0) is 31.1 Å². The molecule has 0 unspecified atom stereocenters. The fourth-order valence-electron chi connectivity index (χ4n) is 9.28. The van der Waals surface area contributed by atoms with E-state index < -0.39 is 20.2 Å². The summed E-state index contributed by atoms with van der Waals surface area (Å²) >= 11 is 14.6. The molecule has 1 aliphatic carbocycles. The highest BCUT2D eigenvalue weighted by Crippen LogP contribution is 2.51. The number of hydrogen-bond acceptors (Lipinski definition) is 7. The molecule has 14 heteroatoms. The molecule has 0 spiro atoms. The van der Waals surface area contributed by atoms with Gasteiger partial charge < -0.3 is 15.6 Å². The van der Waals surface area contributed by atoms with Crippen LogP contribution >= 0.6 is 43.5 Å². The number of hydrogen-bond donors (Lipinski definition) is 2. The van der Waals surface area contributed by atoms with Gasteiger partial charge in [0.1, 0.15) is 6.54 Å². The second-order valence-corrected chi connectivity index (χ2v) is 22.1. The molecule has 0 saturated carbocycles. The SMILES string of the molecule is CC1(C)C(=CC=C2CCCC(C=CC3=[N+](CCCCS(=O)(=O)O)c4ccc5cc(Br)ccc5c4C3(C)C)=C2Cl)N(CCCCS(=O)(=O)[O-])c2ccc3cc(Br)ccc3c21.N. The van der Waals surface area contributed by atoms with E-state index in [2.05, 4.69) is 154 Å². The van der Waals surface area contributed by atoms with Gasteiger partial charge in [-0.3, -0.25) is 4.55 Å². The lowest BCUT2D eigenvalue weighted by Gasteiger charge is -2.27. The molecule has 0 fully saturated rings. The van der Waals surface area contributed by atoms with Crippen LogP contribution in [0, 0.1) is 0 Å². The Kier molecular flexibility index (Phi) is 13.8. The maximum Gasteiger partial charge on any atom is 0.264 e. The van der Waals surface area contributed by atoms with Gasteiger partial charge in [-0.2, -0.15) is 13.0 Å². The highest BCUT2D eigenvalue weighted by atomic mass is 79.9. The Balaban J connectivity index is 0.00000604. The molecular weight excluding hydrogens is 950 g/mol. The van der Waals surface area contributed by atoms with E-state index in [1.807, 2.05) is 0 Å². The summed E-state index contributed by atoms with van der Waals surface area (Å²) in [6, 6.07) is 21.2. The summed E-state index contributed by atoms with van der Waals surface area (Å²) in [6.45, 7) is 10.1. The van der Waals surface area contributed by atoms with Gasteiger partial charge in [-0.1, -0.05) is 87.7 Å². The molecule has 7 rings (SSSR count). The van der Waals surface area contributed by atoms with E-state index >= 15 is 0 Å². The molecule has 0 amide bonds. The first-order valence-corrected chi connectivity index (χ1v) is 25.2. The summed E-state index contributed by atoms with van der Waals surface area (Å²) < 4.78 is 71.0. The number of allylic oxidation sites excluding steroid dienone is 8. The largest absolute Gasteiger partial charge is 0.748 e. The van der Waals surface area contributed by atoms with E-state index in [0.29, 0.717) is 32.4 Å². The Morgan fingerprint density at radius 1 is 0.800 bits per heavy atom. The van der Waals surface area contributed by atoms with Crippen molar-refractivity contribution in [1.29, 1.82) is 0 Å². The minimum atomic E-state index is -4.30. The summed E-state index contributed by atoms with van der Waals surface area (Å²) in [5.74, 6) is -0.658. The molecule has 0 radical (unpaired) electrons. The lowest BCUT2D eigenvalue weighted by Crippen LogP contribution is -2.28. The highest BCUT2D eigenvalue weighted by Gasteiger charge is 2.45. The van der Waals surface area contributed by atoms with Crippen LogP contribution in [-0.4, -0.2) is 60.8 Å². The third-order valence-electron chi connectivity index (χ3n) is 12.0. The van der Waals surface area contributed by atoms with Gasteiger partial charge in [0.25, 0.3) is 10.1 Å². The van der Waals surface area contributed by atoms with Crippen LogP contribution < -0.4 is 11.1 Å². The van der Waals surface area contributed by atoms with Crippen molar-refractivity contribution in [3.05, 3.63) is 127 Å². The van der Waals surface area contributed by atoms with Crippen molar-refractivity contribution in [2.75, 3.05) is 29.5 Å². The lowest BCUT2D eigenvalue weighted by atomic mass is 9.78. The summed E-state index contributed by atoms with van der Waals surface area (Å²) in [4.78, 5) is 2.27. The molecule has 4 N–H and O–H groups in total. The lowest BCUT2D eigenvalue weighted by molar-refractivity contribution is -0.438. The highest BCUT2D eigenvalue weighted by molar-refractivity contribution is 9.10. The topological polar surface area (TPSA) is 153 Å². The molecule has 0 atom stereocenters. The Bertz CT molecular complexity index is 2760. The van der Waals surface area contributed by atoms with Crippen molar-refractivity contribution in [2.24, 2.45) is 0 Å². The van der Waals surface area contributed by atoms with Crippen LogP contribution in [0.5, 0.6) is 0 Å². The monoisotopic (exact) mass is 999 g/mol. The maximum absolute atomic E-state index is 11.5. The molecule has 4 aromatic rings. The number of benzene rings is 4. The van der Waals surface area contributed by atoms with Crippen LogP contribution in [0.25, 0.3) is 21.5 Å². The van der Waals surface area contributed by atoms with Crippen molar-refractivity contribution in [2.45, 2.75) is 83.5 Å². The molecular formula is C46H52Br2ClN3O6S2. The van der Waals surface area contributed by atoms with Gasteiger partial charge in [0.2, 0.25) is 5.69 Å². The number of anilines is 1. The van der Waals surface area contributed by atoms with Gasteiger partial charge in [-0.05, 0) is 133 Å². The Labute approximate surface area is 376 Å². The van der Waals surface area contributed by atoms with Crippen LogP contribution in [0.4, 0.5) is 11.4 Å². The number of nitrogens with zero attached hydrogens (tertiary/aromatic N) is 2. The molecule has 3 aliphatic rings. The predicted molar refractivity (Wildman–Crippen MR) is 253 cm³/mol. The average Bonchev–Trinajstić information content (AvgIpc) is 3.51. The minimum absolute atomic E-state index is 0. The molecule has 2 heterocycles. The number of rotatable bonds is 13. The Hall–Kier alpha value is -3.14. The third-order valence-corrected chi connectivity index (χ3v) is 15.1. The molecule has 0 bridgehead atoms. The smallest absolute Gasteiger partial charge is 0.264 e. The molecule has 60 heavy (non-hydrogen) atoms. The summed E-state index contributed by atoms with van der Waals surface area (Å²) in [5, 5.41) is 5.31. The molecule has 320 valence electrons. The van der Waals surface area contributed by atoms with Gasteiger partial charge in [-0.25, -0.2) is 8.42 Å². The van der Waals surface area contributed by atoms with Gasteiger partial charge in [0, 0.05) is 67.2 Å². The third kappa shape index (κ3) is 9.58. The van der Waals surface area contributed by atoms with E-state index in [1.165, 1.54) is 11.1 Å². The zero-order valence-corrected chi connectivity index (χ0v) is 40.0. The zero-order chi connectivity index (χ0) is 42.5. The quantitative estimate of drug-likeness (QED) is 0.0763. The molecule has 0 saturated heterocycles. The van der Waals surface area contributed by atoms with E-state index in [4.69, 9.17) is 11.6 Å². The fourth-order valence-corrected chi connectivity index (χ4v) is 11.5. The van der Waals surface area contributed by atoms with Crippen LogP contribution in [0.15, 0.2) is 116 Å². The fraction of sp³-hybridized carbons (Fsp3) is 0.370. The van der Waals surface area contributed by atoms with Gasteiger partial charge in [0.05, 0.1) is 21.3 Å². The number of fused-ring (bicyclic) bond motifs is 6. The van der Waals surface area contributed by atoms with E-state index in [9.17, 15) is 25.9 Å². The first-order valence-electron chi connectivity index (χ1n) is 20.0. The van der Waals surface area contributed by atoms with Crippen molar-refractivity contribution >= 4 is 102 Å². The summed E-state index contributed by atoms with van der Waals surface area (Å²) in [6.07, 6.45) is 13.0. The predicted octanol–water partition coefficient (Wildman–Crippen LogP) is 11.9. The zero-order valence-electron chi connectivity index (χ0n) is 34.4. The first kappa shape index (κ1) is 46.4. The van der Waals surface area contributed by atoms with Crippen molar-refractivity contribution in [3.8, 4) is 0 Å². The summed E-state index contributed by atoms with van der Waals surface area (Å²) in [7, 11) is -8.35. The molecule has 9 nitrogen and oxygen atoms in total. The minimum Gasteiger partial charge on any atom is -0.748 e. The normalized spacial score (nSPS) is 19.0. The van der Waals surface area contributed by atoms with Crippen molar-refractivity contribution in [3.63, 3.8) is 0 Å². The van der Waals surface area contributed by atoms with E-state index in [-0.39, 0.29) is 34.9 Å². The summed E-state index contributed by atoms with van der Waals surface area (Å²) in [5.41, 5.74) is 8.09. The van der Waals surface area contributed by atoms with Gasteiger partial charge in [0.15, 0.2) is 5.71 Å². The van der Waals surface area contributed by atoms with Crippen LogP contribution in [0.1, 0.15) is 83.8 Å². The average molecular weight is 1000 g/mol. The van der Waals surface area contributed by atoms with E-state index in [0.717, 1.165) is 88.7 Å². The second kappa shape index (κ2) is 17.9. The van der Waals surface area contributed by atoms with E-state index in [1.54, 1.807) is 0 Å². The van der Waals surface area contributed by atoms with Crippen molar-refractivity contribution < 1.29 is 30.5 Å². The maximum atomic E-state index is 11.5. The van der Waals surface area contributed by atoms with Gasteiger partial charge in [-0.15, -0.1) is 0 Å². The van der Waals surface area contributed by atoms with Crippen LogP contribution in [0.3, 0.4) is 0 Å². The second-order valence-electron chi connectivity index (χ2n) is 16.8. The Morgan fingerprint density at radius 3 is 2.08 bits per heavy atom.